The van der Waals surface area contributed by atoms with Crippen molar-refractivity contribution >= 4 is 17.8 Å². The molecule has 2 amide bonds. The minimum Gasteiger partial charge on any atom is -0.369 e. The first-order valence-corrected chi connectivity index (χ1v) is 4.13. The van der Waals surface area contributed by atoms with Gasteiger partial charge in [-0.15, -0.1) is 0 Å². The Morgan fingerprint density at radius 2 is 2.00 bits per heavy atom. The predicted molar refractivity (Wildman–Crippen MR) is 41.2 cm³/mol. The summed E-state index contributed by atoms with van der Waals surface area (Å²) in [6.07, 6.45) is -5.26. The zero-order valence-electron chi connectivity index (χ0n) is 7.78. The van der Waals surface area contributed by atoms with Crippen molar-refractivity contribution in [1.29, 1.82) is 0 Å². The van der Waals surface area contributed by atoms with E-state index in [9.17, 15) is 27.6 Å². The Hall–Kier alpha value is -1.80. The first kappa shape index (κ1) is 12.3. The van der Waals surface area contributed by atoms with E-state index in [0.717, 1.165) is 0 Å². The number of hydrogen-bond acceptors (Lipinski definition) is 4. The molecular weight excluding hydrogens is 233 g/mol. The lowest BCUT2D eigenvalue weighted by atomic mass is 10.1. The van der Waals surface area contributed by atoms with Crippen LogP contribution in [0.4, 0.5) is 13.2 Å². The van der Waals surface area contributed by atoms with E-state index in [2.05, 4.69) is 4.84 Å². The second kappa shape index (κ2) is 3.99. The number of hydroxylamine groups is 2. The van der Waals surface area contributed by atoms with Crippen molar-refractivity contribution in [3.63, 3.8) is 0 Å². The average molecular weight is 240 g/mol. The molecule has 90 valence electrons. The lowest BCUT2D eigenvalue weighted by Gasteiger charge is -2.15. The number of halogens is 3. The van der Waals surface area contributed by atoms with Crippen LogP contribution in [0.3, 0.4) is 0 Å². The van der Waals surface area contributed by atoms with E-state index in [1.165, 1.54) is 0 Å². The molecule has 0 spiro atoms. The Kier molecular flexibility index (Phi) is 3.06. The van der Waals surface area contributed by atoms with Gasteiger partial charge in [0.2, 0.25) is 5.91 Å². The second-order valence-electron chi connectivity index (χ2n) is 3.06. The molecule has 0 aromatic carbocycles. The standard InChI is InChI=1S/C7H7F3N2O4/c8-7(9,10)6(15)16-12-2-1-3(4(11)13)5(12)14/h3H,1-2H2,(H2,11,13)/t3-/m1/s1. The monoisotopic (exact) mass is 240 g/mol. The van der Waals surface area contributed by atoms with Gasteiger partial charge < -0.3 is 10.6 Å². The Morgan fingerprint density at radius 1 is 1.44 bits per heavy atom. The number of carbonyl (C=O) groups excluding carboxylic acids is 3. The van der Waals surface area contributed by atoms with Crippen molar-refractivity contribution in [2.45, 2.75) is 12.6 Å². The molecular formula is C7H7F3N2O4. The van der Waals surface area contributed by atoms with Gasteiger partial charge in [-0.1, -0.05) is 0 Å². The highest BCUT2D eigenvalue weighted by molar-refractivity contribution is 6.00. The summed E-state index contributed by atoms with van der Waals surface area (Å²) in [5.74, 6) is -5.74. The molecule has 6 nitrogen and oxygen atoms in total. The molecule has 1 aliphatic rings. The largest absolute Gasteiger partial charge is 0.493 e. The number of nitrogens with zero attached hydrogens (tertiary/aromatic N) is 1. The zero-order chi connectivity index (χ0) is 12.5. The normalized spacial score (nSPS) is 21.1. The fourth-order valence-corrected chi connectivity index (χ4v) is 1.16. The summed E-state index contributed by atoms with van der Waals surface area (Å²) in [5, 5.41) is 0.200. The van der Waals surface area contributed by atoms with Gasteiger partial charge >= 0.3 is 12.1 Å². The number of primary amides is 1. The molecule has 1 aliphatic heterocycles. The maximum absolute atomic E-state index is 11.8. The van der Waals surface area contributed by atoms with Crippen LogP contribution >= 0.6 is 0 Å². The van der Waals surface area contributed by atoms with E-state index in [0.29, 0.717) is 0 Å². The van der Waals surface area contributed by atoms with Crippen molar-refractivity contribution < 1.29 is 32.4 Å². The SMILES string of the molecule is NC(=O)[C@H]1CCN(OC(=O)C(F)(F)F)C1=O. The van der Waals surface area contributed by atoms with E-state index in [1.807, 2.05) is 0 Å². The van der Waals surface area contributed by atoms with Gasteiger partial charge in [-0.25, -0.2) is 4.79 Å². The molecule has 0 saturated carbocycles. The maximum Gasteiger partial charge on any atom is 0.493 e. The van der Waals surface area contributed by atoms with Crippen molar-refractivity contribution in [3.8, 4) is 0 Å². The molecule has 16 heavy (non-hydrogen) atoms. The molecule has 0 unspecified atom stereocenters. The fraction of sp³-hybridized carbons (Fsp3) is 0.571. The van der Waals surface area contributed by atoms with Gasteiger partial charge in [0, 0.05) is 0 Å². The van der Waals surface area contributed by atoms with E-state index < -0.39 is 29.9 Å². The van der Waals surface area contributed by atoms with Crippen LogP contribution in [-0.2, 0) is 19.2 Å². The molecule has 1 heterocycles. The molecule has 1 fully saturated rings. The summed E-state index contributed by atoms with van der Waals surface area (Å²) >= 11 is 0. The van der Waals surface area contributed by atoms with Gasteiger partial charge in [0.05, 0.1) is 6.54 Å². The Labute approximate surface area is 87.1 Å². The summed E-state index contributed by atoms with van der Waals surface area (Å²) in [6, 6.07) is 0. The highest BCUT2D eigenvalue weighted by Crippen LogP contribution is 2.22. The van der Waals surface area contributed by atoms with Gasteiger partial charge in [0.1, 0.15) is 5.92 Å². The van der Waals surface area contributed by atoms with Crippen molar-refractivity contribution in [3.05, 3.63) is 0 Å². The summed E-state index contributed by atoms with van der Waals surface area (Å²) in [6.45, 7) is -0.283. The number of nitrogens with two attached hydrogens (primary N) is 1. The number of amides is 2. The number of hydrogen-bond donors (Lipinski definition) is 1. The number of alkyl halides is 3. The van der Waals surface area contributed by atoms with Crippen LogP contribution in [0, 0.1) is 5.92 Å². The minimum absolute atomic E-state index is 0.0701. The van der Waals surface area contributed by atoms with Crippen LogP contribution in [-0.4, -0.2) is 35.6 Å². The topological polar surface area (TPSA) is 89.7 Å². The third-order valence-corrected chi connectivity index (χ3v) is 1.93. The van der Waals surface area contributed by atoms with Crippen LogP contribution in [0.2, 0.25) is 0 Å². The highest BCUT2D eigenvalue weighted by Gasteiger charge is 2.46. The summed E-state index contributed by atoms with van der Waals surface area (Å²) < 4.78 is 35.3. The Morgan fingerprint density at radius 3 is 2.38 bits per heavy atom. The third kappa shape index (κ3) is 2.41. The van der Waals surface area contributed by atoms with Gasteiger partial charge in [0.15, 0.2) is 0 Å². The maximum atomic E-state index is 11.8. The molecule has 0 aromatic heterocycles. The van der Waals surface area contributed by atoms with Gasteiger partial charge in [-0.3, -0.25) is 9.59 Å². The molecule has 0 aromatic rings. The second-order valence-corrected chi connectivity index (χ2v) is 3.06. The first-order chi connectivity index (χ1) is 7.23. The van der Waals surface area contributed by atoms with Crippen LogP contribution in [0.25, 0.3) is 0 Å². The predicted octanol–water partition coefficient (Wildman–Crippen LogP) is -0.659. The quantitative estimate of drug-likeness (QED) is 0.649. The smallest absolute Gasteiger partial charge is 0.369 e. The van der Waals surface area contributed by atoms with Gasteiger partial charge in [-0.05, 0) is 6.42 Å². The molecule has 0 aliphatic carbocycles. The molecule has 1 saturated heterocycles. The van der Waals surface area contributed by atoms with E-state index in [-0.39, 0.29) is 18.0 Å². The van der Waals surface area contributed by atoms with Gasteiger partial charge in [-0.2, -0.15) is 18.2 Å². The molecule has 1 rings (SSSR count). The summed E-state index contributed by atoms with van der Waals surface area (Å²) in [5.41, 5.74) is 4.82. The Bertz CT molecular complexity index is 341. The van der Waals surface area contributed by atoms with Crippen LogP contribution < -0.4 is 5.73 Å². The summed E-state index contributed by atoms with van der Waals surface area (Å²) in [4.78, 5) is 36.0. The average Bonchev–Trinajstić information content (AvgIpc) is 2.46. The third-order valence-electron chi connectivity index (χ3n) is 1.93. The van der Waals surface area contributed by atoms with Crippen LogP contribution in [0.5, 0.6) is 0 Å². The first-order valence-electron chi connectivity index (χ1n) is 4.13. The lowest BCUT2D eigenvalue weighted by molar-refractivity contribution is -0.234. The molecule has 2 N–H and O–H groups in total. The van der Waals surface area contributed by atoms with E-state index in [1.54, 1.807) is 0 Å². The Balaban J connectivity index is 2.63. The highest BCUT2D eigenvalue weighted by atomic mass is 19.4. The fourth-order valence-electron chi connectivity index (χ4n) is 1.16. The van der Waals surface area contributed by atoms with E-state index in [4.69, 9.17) is 5.73 Å². The van der Waals surface area contributed by atoms with Crippen LogP contribution in [0.1, 0.15) is 6.42 Å². The minimum atomic E-state index is -5.19. The van der Waals surface area contributed by atoms with Crippen molar-refractivity contribution in [2.75, 3.05) is 6.54 Å². The van der Waals surface area contributed by atoms with Crippen molar-refractivity contribution in [2.24, 2.45) is 11.7 Å². The van der Waals surface area contributed by atoms with Crippen LogP contribution in [0.15, 0.2) is 0 Å². The molecule has 0 bridgehead atoms. The molecule has 1 atom stereocenters. The molecule has 0 radical (unpaired) electrons. The van der Waals surface area contributed by atoms with E-state index >= 15 is 0 Å². The van der Waals surface area contributed by atoms with Crippen molar-refractivity contribution in [1.82, 2.24) is 5.06 Å². The molecule has 9 heteroatoms. The lowest BCUT2D eigenvalue weighted by Crippen LogP contribution is -2.38. The zero-order valence-corrected chi connectivity index (χ0v) is 7.78. The number of carbonyl (C=O) groups is 3. The number of rotatable bonds is 2. The summed E-state index contributed by atoms with van der Waals surface area (Å²) in [7, 11) is 0. The van der Waals surface area contributed by atoms with Gasteiger partial charge in [0.25, 0.3) is 5.91 Å².